The lowest BCUT2D eigenvalue weighted by Gasteiger charge is -2.26. The van der Waals surface area contributed by atoms with Crippen LogP contribution in [-0.2, 0) is 0 Å². The predicted molar refractivity (Wildman–Crippen MR) is 135 cm³/mol. The van der Waals surface area contributed by atoms with Gasteiger partial charge in [-0.2, -0.15) is 0 Å². The molecule has 178 valence electrons. The molecule has 0 radical (unpaired) electrons. The number of fused-ring (bicyclic) bond motifs is 1. The summed E-state index contributed by atoms with van der Waals surface area (Å²) >= 11 is 0. The van der Waals surface area contributed by atoms with E-state index in [2.05, 4.69) is 10.2 Å². The molecule has 1 saturated carbocycles. The highest BCUT2D eigenvalue weighted by molar-refractivity contribution is 5.95. The number of carbonyl (C=O) groups excluding carboxylic acids is 1. The van der Waals surface area contributed by atoms with Crippen molar-refractivity contribution in [1.82, 2.24) is 14.8 Å². The number of ether oxygens (including phenoxy) is 1. The molecule has 3 aromatic rings. The summed E-state index contributed by atoms with van der Waals surface area (Å²) < 4.78 is 7.63. The fourth-order valence-corrected chi connectivity index (χ4v) is 4.67. The van der Waals surface area contributed by atoms with Gasteiger partial charge in [0, 0.05) is 24.3 Å². The first-order valence-corrected chi connectivity index (χ1v) is 12.5. The Morgan fingerprint density at radius 3 is 2.68 bits per heavy atom. The molecule has 2 heterocycles. The Hall–Kier alpha value is -3.12. The summed E-state index contributed by atoms with van der Waals surface area (Å²) in [5.41, 5.74) is 2.13. The van der Waals surface area contributed by atoms with E-state index in [9.17, 15) is 9.59 Å². The van der Waals surface area contributed by atoms with Gasteiger partial charge in [-0.25, -0.2) is 0 Å². The third-order valence-electron chi connectivity index (χ3n) is 6.86. The molecule has 1 aromatic heterocycles. The second-order valence-electron chi connectivity index (χ2n) is 9.59. The molecule has 6 nitrogen and oxygen atoms in total. The van der Waals surface area contributed by atoms with Gasteiger partial charge in [0.05, 0.1) is 17.7 Å². The first kappa shape index (κ1) is 22.7. The van der Waals surface area contributed by atoms with E-state index in [4.69, 9.17) is 4.74 Å². The fourth-order valence-electron chi connectivity index (χ4n) is 4.67. The zero-order valence-electron chi connectivity index (χ0n) is 19.9. The zero-order chi connectivity index (χ0) is 23.5. The monoisotopic (exact) mass is 459 g/mol. The number of amides is 1. The maximum Gasteiger partial charge on any atom is 0.263 e. The Morgan fingerprint density at radius 1 is 1.06 bits per heavy atom. The SMILES string of the molecule is Cc1ccc(C(=O)NC2CC2)cc1-n1ccc2ccc(OCCCN3CCCCC3)cc2c1=O. The summed E-state index contributed by atoms with van der Waals surface area (Å²) in [6.07, 6.45) is 8.78. The van der Waals surface area contributed by atoms with Gasteiger partial charge in [0.15, 0.2) is 0 Å². The lowest BCUT2D eigenvalue weighted by atomic mass is 10.1. The van der Waals surface area contributed by atoms with Crippen molar-refractivity contribution in [1.29, 1.82) is 0 Å². The highest BCUT2D eigenvalue weighted by Crippen LogP contribution is 2.23. The maximum atomic E-state index is 13.4. The van der Waals surface area contributed by atoms with Gasteiger partial charge in [0.1, 0.15) is 5.75 Å². The number of aromatic nitrogens is 1. The minimum atomic E-state index is -0.112. The van der Waals surface area contributed by atoms with Crippen LogP contribution in [0.5, 0.6) is 5.75 Å². The molecule has 0 atom stereocenters. The zero-order valence-corrected chi connectivity index (χ0v) is 19.9. The molecule has 2 aromatic carbocycles. The molecule has 1 aliphatic carbocycles. The van der Waals surface area contributed by atoms with Crippen molar-refractivity contribution in [3.05, 3.63) is 70.1 Å². The van der Waals surface area contributed by atoms with E-state index >= 15 is 0 Å². The summed E-state index contributed by atoms with van der Waals surface area (Å²) in [7, 11) is 0. The average molecular weight is 460 g/mol. The normalized spacial score (nSPS) is 16.5. The third-order valence-corrected chi connectivity index (χ3v) is 6.86. The smallest absolute Gasteiger partial charge is 0.263 e. The predicted octanol–water partition coefficient (Wildman–Crippen LogP) is 4.45. The molecule has 1 aliphatic heterocycles. The van der Waals surface area contributed by atoms with Gasteiger partial charge in [0.2, 0.25) is 0 Å². The number of nitrogens with one attached hydrogen (secondary N) is 1. The van der Waals surface area contributed by atoms with Crippen molar-refractivity contribution in [3.8, 4) is 11.4 Å². The van der Waals surface area contributed by atoms with Gasteiger partial charge in [-0.3, -0.25) is 14.2 Å². The van der Waals surface area contributed by atoms with Crippen LogP contribution < -0.4 is 15.6 Å². The first-order chi connectivity index (χ1) is 16.6. The summed E-state index contributed by atoms with van der Waals surface area (Å²) in [4.78, 5) is 28.5. The number of hydrogen-bond donors (Lipinski definition) is 1. The van der Waals surface area contributed by atoms with E-state index in [1.807, 2.05) is 43.3 Å². The lowest BCUT2D eigenvalue weighted by molar-refractivity contribution is 0.0951. The minimum absolute atomic E-state index is 0.0853. The van der Waals surface area contributed by atoms with Gasteiger partial charge in [-0.05, 0) is 93.4 Å². The molecular formula is C28H33N3O3. The van der Waals surface area contributed by atoms with Crippen LogP contribution >= 0.6 is 0 Å². The van der Waals surface area contributed by atoms with Crippen LogP contribution in [0.15, 0.2) is 53.5 Å². The maximum absolute atomic E-state index is 13.4. The van der Waals surface area contributed by atoms with Gasteiger partial charge in [0.25, 0.3) is 11.5 Å². The van der Waals surface area contributed by atoms with E-state index in [-0.39, 0.29) is 11.5 Å². The Kier molecular flexibility index (Phi) is 6.68. The van der Waals surface area contributed by atoms with Crippen LogP contribution in [0.1, 0.15) is 54.4 Å². The molecule has 0 unspecified atom stereocenters. The van der Waals surface area contributed by atoms with Crippen LogP contribution in [0.4, 0.5) is 0 Å². The van der Waals surface area contributed by atoms with E-state index in [0.29, 0.717) is 23.6 Å². The number of pyridine rings is 1. The van der Waals surface area contributed by atoms with E-state index in [0.717, 1.165) is 48.2 Å². The largest absolute Gasteiger partial charge is 0.494 e. The Labute approximate surface area is 200 Å². The molecular weight excluding hydrogens is 426 g/mol. The van der Waals surface area contributed by atoms with Crippen molar-refractivity contribution in [2.45, 2.75) is 51.5 Å². The molecule has 1 amide bonds. The molecule has 5 rings (SSSR count). The highest BCUT2D eigenvalue weighted by atomic mass is 16.5. The number of aryl methyl sites for hydroxylation is 1. The van der Waals surface area contributed by atoms with Crippen molar-refractivity contribution in [3.63, 3.8) is 0 Å². The third kappa shape index (κ3) is 5.17. The summed E-state index contributed by atoms with van der Waals surface area (Å²) in [6.45, 7) is 6.04. The fraction of sp³-hybridized carbons (Fsp3) is 0.429. The van der Waals surface area contributed by atoms with Crippen molar-refractivity contribution >= 4 is 16.7 Å². The molecule has 0 bridgehead atoms. The average Bonchev–Trinajstić information content (AvgIpc) is 3.67. The highest BCUT2D eigenvalue weighted by Gasteiger charge is 2.24. The Morgan fingerprint density at radius 2 is 1.88 bits per heavy atom. The number of carbonyl (C=O) groups is 1. The summed E-state index contributed by atoms with van der Waals surface area (Å²) in [5, 5.41) is 4.51. The van der Waals surface area contributed by atoms with E-state index < -0.39 is 0 Å². The molecule has 6 heteroatoms. The molecule has 1 N–H and O–H groups in total. The molecule has 34 heavy (non-hydrogen) atoms. The van der Waals surface area contributed by atoms with Gasteiger partial charge in [-0.15, -0.1) is 0 Å². The Balaban J connectivity index is 1.34. The first-order valence-electron chi connectivity index (χ1n) is 12.5. The van der Waals surface area contributed by atoms with Crippen molar-refractivity contribution in [2.24, 2.45) is 0 Å². The number of rotatable bonds is 8. The lowest BCUT2D eigenvalue weighted by Crippen LogP contribution is -2.31. The van der Waals surface area contributed by atoms with Crippen LogP contribution in [0.2, 0.25) is 0 Å². The van der Waals surface area contributed by atoms with Crippen molar-refractivity contribution < 1.29 is 9.53 Å². The standard InChI is InChI=1S/C28H33N3O3/c1-20-6-7-22(27(32)29-23-9-10-23)18-26(20)31-16-12-21-8-11-24(19-25(21)28(31)33)34-17-5-15-30-13-3-2-4-14-30/h6-8,11-12,16,18-19,23H,2-5,9-10,13-15,17H2,1H3,(H,29,32). The van der Waals surface area contributed by atoms with Crippen LogP contribution in [0.25, 0.3) is 16.5 Å². The number of piperidine rings is 1. The van der Waals surface area contributed by atoms with Crippen molar-refractivity contribution in [2.75, 3.05) is 26.2 Å². The van der Waals surface area contributed by atoms with Crippen LogP contribution in [-0.4, -0.2) is 47.7 Å². The number of nitrogens with zero attached hydrogens (tertiary/aromatic N) is 2. The molecule has 2 fully saturated rings. The quantitative estimate of drug-likeness (QED) is 0.506. The summed E-state index contributed by atoms with van der Waals surface area (Å²) in [5.74, 6) is 0.633. The second-order valence-corrected chi connectivity index (χ2v) is 9.59. The Bertz CT molecular complexity index is 1240. The van der Waals surface area contributed by atoms with Crippen LogP contribution in [0, 0.1) is 6.92 Å². The topological polar surface area (TPSA) is 63.6 Å². The molecule has 0 spiro atoms. The molecule has 2 aliphatic rings. The van der Waals surface area contributed by atoms with Gasteiger partial charge >= 0.3 is 0 Å². The summed E-state index contributed by atoms with van der Waals surface area (Å²) in [6, 6.07) is 13.5. The number of hydrogen-bond acceptors (Lipinski definition) is 4. The van der Waals surface area contributed by atoms with Crippen LogP contribution in [0.3, 0.4) is 0 Å². The molecule has 1 saturated heterocycles. The van der Waals surface area contributed by atoms with Gasteiger partial charge in [-0.1, -0.05) is 18.6 Å². The van der Waals surface area contributed by atoms with Gasteiger partial charge < -0.3 is 15.0 Å². The second kappa shape index (κ2) is 10.0. The van der Waals surface area contributed by atoms with E-state index in [1.54, 1.807) is 16.8 Å². The number of benzene rings is 2. The number of likely N-dealkylation sites (tertiary alicyclic amines) is 1. The van der Waals surface area contributed by atoms with E-state index in [1.165, 1.54) is 32.4 Å². The minimum Gasteiger partial charge on any atom is -0.494 e.